The van der Waals surface area contributed by atoms with Gasteiger partial charge in [-0.05, 0) is 52.7 Å². The molecule has 4 atom stereocenters. The minimum atomic E-state index is -4.65. The molecule has 2 aliphatic heterocycles. The predicted octanol–water partition coefficient (Wildman–Crippen LogP) is 2.96. The Kier molecular flexibility index (Phi) is 16.2. The molecule has 4 aromatic rings. The highest BCUT2D eigenvalue weighted by Gasteiger charge is 2.55. The van der Waals surface area contributed by atoms with Crippen LogP contribution in [0.15, 0.2) is 82.8 Å². The minimum absolute atomic E-state index is 0.0421. The summed E-state index contributed by atoms with van der Waals surface area (Å²) in [4.78, 5) is 104. The van der Waals surface area contributed by atoms with E-state index in [1.165, 1.54) is 17.8 Å². The van der Waals surface area contributed by atoms with E-state index >= 15 is 0 Å². The van der Waals surface area contributed by atoms with Gasteiger partial charge in [-0.2, -0.15) is 4.72 Å². The summed E-state index contributed by atoms with van der Waals surface area (Å²) in [6.07, 6.45) is -0.922. The topological polar surface area (TPSA) is 308 Å². The number of anilines is 1. The van der Waals surface area contributed by atoms with Crippen molar-refractivity contribution in [3.63, 3.8) is 0 Å². The predicted molar refractivity (Wildman–Crippen MR) is 258 cm³/mol. The molecule has 0 radical (unpaired) electrons. The Morgan fingerprint density at radius 2 is 1.53 bits per heavy atom. The number of nitrogens with two attached hydrogens (primary N) is 2. The molecule has 3 amide bonds. The number of nitrogen functional groups attached to an aromatic ring is 1. The quantitative estimate of drug-likeness (QED) is 0.0414. The lowest BCUT2D eigenvalue weighted by Gasteiger charge is -2.50. The first-order valence-electron chi connectivity index (χ1n) is 21.4. The van der Waals surface area contributed by atoms with Gasteiger partial charge in [-0.25, -0.2) is 32.8 Å². The van der Waals surface area contributed by atoms with Crippen molar-refractivity contribution in [1.82, 2.24) is 30.2 Å². The van der Waals surface area contributed by atoms with Crippen LogP contribution in [-0.4, -0.2) is 112 Å². The second kappa shape index (κ2) is 21.4. The van der Waals surface area contributed by atoms with E-state index in [0.717, 1.165) is 28.0 Å². The molecule has 1 saturated heterocycles. The molecular formula is C45H52N8O13S4. The molecule has 2 aliphatic rings. The van der Waals surface area contributed by atoms with Gasteiger partial charge in [0.2, 0.25) is 26.5 Å². The van der Waals surface area contributed by atoms with E-state index < -0.39 is 110 Å². The third-order valence-corrected chi connectivity index (χ3v) is 14.2. The number of benzene rings is 2. The Morgan fingerprint density at radius 3 is 2.09 bits per heavy atom. The Labute approximate surface area is 415 Å². The van der Waals surface area contributed by atoms with Crippen LogP contribution < -0.4 is 26.8 Å². The molecule has 21 nitrogen and oxygen atoms in total. The van der Waals surface area contributed by atoms with Crippen molar-refractivity contribution in [2.45, 2.75) is 88.8 Å². The first-order valence-corrected chi connectivity index (χ1v) is 25.9. The molecule has 6 rings (SSSR count). The fourth-order valence-corrected chi connectivity index (χ4v) is 10.7. The zero-order valence-electron chi connectivity index (χ0n) is 39.0. The number of thioether (sulfide) groups is 1. The highest BCUT2D eigenvalue weighted by Crippen LogP contribution is 2.42. The van der Waals surface area contributed by atoms with Gasteiger partial charge in [-0.15, -0.1) is 23.1 Å². The summed E-state index contributed by atoms with van der Waals surface area (Å²) in [7, 11) is -4.65. The lowest BCUT2D eigenvalue weighted by Crippen LogP contribution is -2.71. The molecule has 1 fully saturated rings. The molecule has 0 bridgehead atoms. The maximum absolute atomic E-state index is 14.4. The van der Waals surface area contributed by atoms with Gasteiger partial charge >= 0.3 is 23.9 Å². The van der Waals surface area contributed by atoms with Crippen molar-refractivity contribution in [2.75, 3.05) is 30.4 Å². The third-order valence-electron chi connectivity index (χ3n) is 10.1. The number of nitrogens with one attached hydrogen (secondary N) is 3. The maximum atomic E-state index is 14.4. The number of hydrogen-bond donors (Lipinski definition) is 5. The molecule has 0 saturated carbocycles. The summed E-state index contributed by atoms with van der Waals surface area (Å²) in [6, 6.07) is 14.4. The second-order valence-electron chi connectivity index (χ2n) is 17.8. The molecule has 0 aliphatic carbocycles. The van der Waals surface area contributed by atoms with Crippen LogP contribution in [0.3, 0.4) is 0 Å². The molecule has 2 aromatic heterocycles. The standard InChI is InChI=1S/C45H52N8O13S4/c1-24(54)63-20-27-21-68-38-31(37(56)53(38)32(27)39(57)64-33(25-14-10-8-11-15-25)26-16-12-9-13-17-26)50-35(55)30(29-34(46)69-36(51-29)40(58)65-43(2,3)4)52-70(61,62)19-18-48-41(59)45(47,28-22-67-23-49-28)42(60)66-44(5,6)7/h8-17,22-23,30-31,33,38,52H,18-21,46-47H2,1-7H3,(H,48,59)(H,50,55)/t30-,31-,38-,45?/m1/s1. The second-order valence-corrected chi connectivity index (χ2v) is 22.5. The highest BCUT2D eigenvalue weighted by molar-refractivity contribution is 8.00. The molecule has 25 heteroatoms. The largest absolute Gasteiger partial charge is 0.461 e. The Balaban J connectivity index is 1.25. The zero-order chi connectivity index (χ0) is 51.3. The summed E-state index contributed by atoms with van der Waals surface area (Å²) in [5.74, 6) is -7.57. The number of esters is 4. The van der Waals surface area contributed by atoms with E-state index in [1.807, 2.05) is 0 Å². The van der Waals surface area contributed by atoms with Crippen LogP contribution >= 0.6 is 34.4 Å². The number of ether oxygens (including phenoxy) is 4. The van der Waals surface area contributed by atoms with Crippen LogP contribution in [0.25, 0.3) is 0 Å². The number of carbonyl (C=O) groups excluding carboxylic acids is 7. The van der Waals surface area contributed by atoms with Gasteiger partial charge in [0, 0.05) is 30.2 Å². The number of amides is 3. The number of carbonyl (C=O) groups is 7. The van der Waals surface area contributed by atoms with Gasteiger partial charge in [0.15, 0.2) is 6.10 Å². The van der Waals surface area contributed by atoms with Crippen molar-refractivity contribution in [2.24, 2.45) is 5.73 Å². The molecule has 2 aromatic carbocycles. The minimum Gasteiger partial charge on any atom is -0.461 e. The Morgan fingerprint density at radius 1 is 0.914 bits per heavy atom. The molecule has 1 unspecified atom stereocenters. The van der Waals surface area contributed by atoms with Crippen molar-refractivity contribution in [1.29, 1.82) is 0 Å². The van der Waals surface area contributed by atoms with Gasteiger partial charge in [0.05, 0.1) is 17.0 Å². The Bertz CT molecular complexity index is 2740. The zero-order valence-corrected chi connectivity index (χ0v) is 42.3. The number of fused-ring (bicyclic) bond motifs is 1. The van der Waals surface area contributed by atoms with Crippen LogP contribution in [0.5, 0.6) is 0 Å². The number of aromatic nitrogens is 2. The highest BCUT2D eigenvalue weighted by atomic mass is 32.2. The van der Waals surface area contributed by atoms with Gasteiger partial charge in [-0.1, -0.05) is 72.0 Å². The SMILES string of the molecule is CC(=O)OCC1=C(C(=O)OC(c2ccccc2)c2ccccc2)N2C(=O)[C@@H](NC(=O)[C@H](NS(=O)(=O)CCNC(=O)C(N)(C(=O)OC(C)(C)C)c3cscn3)c3nc(C(=O)OC(C)(C)C)sc3N)[C@H]2SC1. The summed E-state index contributed by atoms with van der Waals surface area (Å²) >= 11 is 2.79. The summed E-state index contributed by atoms with van der Waals surface area (Å²) in [5.41, 5.74) is 10.2. The number of rotatable bonds is 18. The summed E-state index contributed by atoms with van der Waals surface area (Å²) in [5, 5.41) is 4.73. The smallest absolute Gasteiger partial charge is 0.368 e. The lowest BCUT2D eigenvalue weighted by atomic mass is 9.95. The number of nitrogens with zero attached hydrogens (tertiary/aromatic N) is 3. The van der Waals surface area contributed by atoms with Gasteiger partial charge in [-0.3, -0.25) is 24.1 Å². The van der Waals surface area contributed by atoms with E-state index in [2.05, 4.69) is 25.3 Å². The van der Waals surface area contributed by atoms with Gasteiger partial charge in [0.1, 0.15) is 51.7 Å². The van der Waals surface area contributed by atoms with Crippen LogP contribution in [0.2, 0.25) is 0 Å². The van der Waals surface area contributed by atoms with Crippen LogP contribution in [-0.2, 0) is 63.3 Å². The van der Waals surface area contributed by atoms with E-state index in [1.54, 1.807) is 102 Å². The number of sulfonamides is 1. The van der Waals surface area contributed by atoms with Crippen LogP contribution in [0, 0.1) is 0 Å². The average molecular weight is 1040 g/mol. The molecule has 4 heterocycles. The van der Waals surface area contributed by atoms with Gasteiger partial charge in [0.25, 0.3) is 11.8 Å². The van der Waals surface area contributed by atoms with Crippen LogP contribution in [0.1, 0.15) is 92.9 Å². The first kappa shape index (κ1) is 53.1. The van der Waals surface area contributed by atoms with E-state index in [9.17, 15) is 42.0 Å². The fraction of sp³-hybridized carbons (Fsp3) is 0.400. The van der Waals surface area contributed by atoms with Crippen molar-refractivity contribution >= 4 is 91.1 Å². The van der Waals surface area contributed by atoms with Gasteiger partial charge < -0.3 is 41.0 Å². The number of hydrogen-bond acceptors (Lipinski definition) is 20. The van der Waals surface area contributed by atoms with E-state index in [0.29, 0.717) is 22.5 Å². The number of β-lactam (4-membered cyclic amide) rings is 1. The third kappa shape index (κ3) is 12.6. The molecule has 374 valence electrons. The van der Waals surface area contributed by atoms with Crippen molar-refractivity contribution < 1.29 is 60.9 Å². The van der Waals surface area contributed by atoms with E-state index in [-0.39, 0.29) is 39.3 Å². The molecule has 7 N–H and O–H groups in total. The molecular weight excluding hydrogens is 989 g/mol. The van der Waals surface area contributed by atoms with E-state index in [4.69, 9.17) is 30.4 Å². The normalized spacial score (nSPS) is 17.3. The lowest BCUT2D eigenvalue weighted by molar-refractivity contribution is -0.165. The molecule has 0 spiro atoms. The monoisotopic (exact) mass is 1040 g/mol. The Hall–Kier alpha value is -6.25. The average Bonchev–Trinajstić information content (AvgIpc) is 3.98. The first-order chi connectivity index (χ1) is 32.8. The van der Waals surface area contributed by atoms with Crippen molar-refractivity contribution in [3.8, 4) is 0 Å². The molecule has 70 heavy (non-hydrogen) atoms. The van der Waals surface area contributed by atoms with Crippen LogP contribution in [0.4, 0.5) is 5.00 Å². The fourth-order valence-electron chi connectivity index (χ4n) is 6.90. The maximum Gasteiger partial charge on any atom is 0.368 e. The summed E-state index contributed by atoms with van der Waals surface area (Å²) < 4.78 is 52.1. The van der Waals surface area contributed by atoms with Crippen molar-refractivity contribution in [3.05, 3.63) is 110 Å². The summed E-state index contributed by atoms with van der Waals surface area (Å²) in [6.45, 7) is 9.70. The number of thiazole rings is 2.